The van der Waals surface area contributed by atoms with E-state index in [-0.39, 0.29) is 0 Å². The monoisotopic (exact) mass is 338 g/mol. The van der Waals surface area contributed by atoms with E-state index in [0.29, 0.717) is 0 Å². The first-order chi connectivity index (χ1) is 10.2. The predicted octanol–water partition coefficient (Wildman–Crippen LogP) is 1.38. The Balaban J connectivity index is 3.17. The van der Waals surface area contributed by atoms with Gasteiger partial charge < -0.3 is 22.9 Å². The topological polar surface area (TPSA) is 104 Å². The molecular weight excluding hydrogens is 304 g/mol. The van der Waals surface area contributed by atoms with Gasteiger partial charge in [-0.1, -0.05) is 50.4 Å². The summed E-state index contributed by atoms with van der Waals surface area (Å²) in [5.41, 5.74) is 25.9. The first kappa shape index (κ1) is 19.2. The fourth-order valence-electron chi connectivity index (χ4n) is 3.17. The molecule has 6 heteroatoms. The molecule has 0 radical (unpaired) electrons. The van der Waals surface area contributed by atoms with Crippen LogP contribution in [0.4, 0.5) is 11.4 Å². The zero-order valence-corrected chi connectivity index (χ0v) is 16.7. The summed E-state index contributed by atoms with van der Waals surface area (Å²) in [4.78, 5) is 0. The molecule has 0 amide bonds. The van der Waals surface area contributed by atoms with Gasteiger partial charge in [0, 0.05) is 0 Å². The minimum absolute atomic E-state index is 0.739. The van der Waals surface area contributed by atoms with Gasteiger partial charge >= 0.3 is 0 Å². The summed E-state index contributed by atoms with van der Waals surface area (Å²) >= 11 is 0. The fraction of sp³-hybridized carbons (Fsp3) is 0.625. The third-order valence-electron chi connectivity index (χ3n) is 4.76. The maximum absolute atomic E-state index is 6.44. The highest BCUT2D eigenvalue weighted by Crippen LogP contribution is 2.23. The second kappa shape index (κ2) is 7.63. The van der Waals surface area contributed by atoms with Gasteiger partial charge in [0.05, 0.1) is 27.5 Å². The van der Waals surface area contributed by atoms with Gasteiger partial charge in [0.15, 0.2) is 0 Å². The zero-order valence-electron chi connectivity index (χ0n) is 14.7. The number of nitrogen functional groups attached to an aromatic ring is 2. The van der Waals surface area contributed by atoms with Gasteiger partial charge in [-0.3, -0.25) is 0 Å². The number of hydrogen-bond acceptors (Lipinski definition) is 4. The summed E-state index contributed by atoms with van der Waals surface area (Å²) in [6.07, 6.45) is 2.11. The Bertz CT molecular complexity index is 456. The van der Waals surface area contributed by atoms with E-state index < -0.39 is 16.1 Å². The maximum Gasteiger partial charge on any atom is 0.0834 e. The quantitative estimate of drug-likeness (QED) is 0.424. The fourth-order valence-corrected chi connectivity index (χ4v) is 8.69. The first-order valence-corrected chi connectivity index (χ1v) is 14.7. The number of benzene rings is 1. The maximum atomic E-state index is 6.44. The van der Waals surface area contributed by atoms with Crippen LogP contribution < -0.4 is 33.3 Å². The Morgan fingerprint density at radius 1 is 0.727 bits per heavy atom. The molecule has 0 spiro atoms. The van der Waals surface area contributed by atoms with Crippen LogP contribution in [0.25, 0.3) is 0 Å². The van der Waals surface area contributed by atoms with Crippen LogP contribution in [0.2, 0.25) is 38.3 Å². The van der Waals surface area contributed by atoms with Crippen LogP contribution >= 0.6 is 0 Å². The molecule has 0 bridgehead atoms. The highest BCUT2D eigenvalue weighted by molar-refractivity contribution is 6.93. The molecule has 1 aromatic carbocycles. The van der Waals surface area contributed by atoms with Crippen molar-refractivity contribution in [3.63, 3.8) is 0 Å². The Kier molecular flexibility index (Phi) is 6.67. The van der Waals surface area contributed by atoms with Crippen LogP contribution in [0.3, 0.4) is 0 Å². The van der Waals surface area contributed by atoms with Gasteiger partial charge in [-0.05, 0) is 36.3 Å². The molecule has 0 aromatic heterocycles. The summed E-state index contributed by atoms with van der Waals surface area (Å²) in [5, 5.41) is 2.57. The third kappa shape index (κ3) is 4.35. The highest BCUT2D eigenvalue weighted by atomic mass is 28.3. The minimum atomic E-state index is -1.57. The van der Waals surface area contributed by atoms with Gasteiger partial charge in [0.1, 0.15) is 0 Å². The summed E-state index contributed by atoms with van der Waals surface area (Å²) in [6.45, 7) is 10.9. The van der Waals surface area contributed by atoms with E-state index >= 15 is 0 Å². The largest absolute Gasteiger partial charge is 0.397 e. The molecule has 0 saturated heterocycles. The van der Waals surface area contributed by atoms with Crippen LogP contribution in [0.5, 0.6) is 0 Å². The van der Waals surface area contributed by atoms with Gasteiger partial charge in [0.25, 0.3) is 0 Å². The Morgan fingerprint density at radius 2 is 1.05 bits per heavy atom. The lowest BCUT2D eigenvalue weighted by molar-refractivity contribution is 0.915. The second-order valence-electron chi connectivity index (χ2n) is 7.54. The number of hydrogen-bond donors (Lipinski definition) is 4. The summed E-state index contributed by atoms with van der Waals surface area (Å²) < 4.78 is 0. The number of rotatable bonds is 8. The van der Waals surface area contributed by atoms with Crippen molar-refractivity contribution in [2.45, 2.75) is 51.1 Å². The summed E-state index contributed by atoms with van der Waals surface area (Å²) in [6, 6.07) is 6.78. The minimum Gasteiger partial charge on any atom is -0.397 e. The van der Waals surface area contributed by atoms with Crippen LogP contribution in [0.1, 0.15) is 12.8 Å². The number of anilines is 2. The predicted molar refractivity (Wildman–Crippen MR) is 106 cm³/mol. The Morgan fingerprint density at radius 3 is 1.32 bits per heavy atom. The smallest absolute Gasteiger partial charge is 0.0834 e. The van der Waals surface area contributed by atoms with E-state index in [2.05, 4.69) is 38.3 Å². The third-order valence-corrected chi connectivity index (χ3v) is 11.8. The van der Waals surface area contributed by atoms with Crippen LogP contribution in [-0.4, -0.2) is 29.2 Å². The van der Waals surface area contributed by atoms with E-state index in [1.165, 1.54) is 10.4 Å². The second-order valence-corrected chi connectivity index (χ2v) is 17.2. The molecule has 8 N–H and O–H groups in total. The molecule has 126 valence electrons. The van der Waals surface area contributed by atoms with Crippen molar-refractivity contribution in [1.29, 1.82) is 0 Å². The van der Waals surface area contributed by atoms with Crippen LogP contribution in [0, 0.1) is 0 Å². The van der Waals surface area contributed by atoms with E-state index in [0.717, 1.165) is 49.4 Å². The van der Waals surface area contributed by atoms with Crippen molar-refractivity contribution in [3.05, 3.63) is 12.1 Å². The van der Waals surface area contributed by atoms with E-state index in [4.69, 9.17) is 22.9 Å². The molecule has 0 unspecified atom stereocenters. The Labute approximate surface area is 137 Å². The van der Waals surface area contributed by atoms with E-state index in [9.17, 15) is 0 Å². The molecule has 0 aliphatic rings. The molecule has 0 saturated carbocycles. The van der Waals surface area contributed by atoms with Crippen LogP contribution in [0.15, 0.2) is 12.1 Å². The molecule has 0 aliphatic carbocycles. The molecule has 4 nitrogen and oxygen atoms in total. The molecule has 0 atom stereocenters. The van der Waals surface area contributed by atoms with Crippen molar-refractivity contribution in [1.82, 2.24) is 0 Å². The molecule has 1 rings (SSSR count). The average molecular weight is 339 g/mol. The van der Waals surface area contributed by atoms with Gasteiger partial charge in [0.2, 0.25) is 0 Å². The summed E-state index contributed by atoms with van der Waals surface area (Å²) in [7, 11) is -3.15. The average Bonchev–Trinajstić information content (AvgIpc) is 2.45. The van der Waals surface area contributed by atoms with Crippen LogP contribution in [-0.2, 0) is 0 Å². The van der Waals surface area contributed by atoms with Gasteiger partial charge in [-0.2, -0.15) is 0 Å². The van der Waals surface area contributed by atoms with Gasteiger partial charge in [-0.25, -0.2) is 0 Å². The van der Waals surface area contributed by atoms with Crippen molar-refractivity contribution >= 4 is 37.9 Å². The first-order valence-electron chi connectivity index (χ1n) is 8.26. The van der Waals surface area contributed by atoms with E-state index in [1.54, 1.807) is 0 Å². The lowest BCUT2D eigenvalue weighted by Crippen LogP contribution is -2.48. The normalized spacial score (nSPS) is 12.6. The molecule has 0 heterocycles. The lowest BCUT2D eigenvalue weighted by Gasteiger charge is -2.30. The van der Waals surface area contributed by atoms with Crippen molar-refractivity contribution in [2.75, 3.05) is 24.6 Å². The van der Waals surface area contributed by atoms with Crippen molar-refractivity contribution in [3.8, 4) is 0 Å². The molecule has 1 aromatic rings. The number of nitrogens with two attached hydrogens (primary N) is 4. The molecule has 22 heavy (non-hydrogen) atoms. The molecule has 0 fully saturated rings. The lowest BCUT2D eigenvalue weighted by atomic mass is 10.3. The van der Waals surface area contributed by atoms with Gasteiger partial charge in [-0.15, -0.1) is 0 Å². The van der Waals surface area contributed by atoms with E-state index in [1.807, 2.05) is 0 Å². The zero-order chi connectivity index (χ0) is 17.0. The highest BCUT2D eigenvalue weighted by Gasteiger charge is 2.30. The molecule has 0 aliphatic heterocycles. The van der Waals surface area contributed by atoms with Crippen molar-refractivity contribution < 1.29 is 0 Å². The standard InChI is InChI=1S/C16H34N4Si2/c1-21(2,11-5-9-17)13-7-8-14(16(20)15(13)19)22(3,4)12-6-10-18/h7-8H,5-6,9-12,17-20H2,1-4H3. The Hall–Kier alpha value is -0.826. The SMILES string of the molecule is C[Si](C)(CCCN)c1ccc([Si](C)(C)CCCN)c(N)c1N. The molecular formula is C16H34N4Si2. The van der Waals surface area contributed by atoms with Crippen molar-refractivity contribution in [2.24, 2.45) is 11.5 Å². The summed E-state index contributed by atoms with van der Waals surface area (Å²) in [5.74, 6) is 0.